The van der Waals surface area contributed by atoms with Crippen molar-refractivity contribution in [2.45, 2.75) is 38.5 Å². The molecule has 0 bridgehead atoms. The maximum atomic E-state index is 8.56. The fourth-order valence-corrected chi connectivity index (χ4v) is 1.37. The molecular formula is C11H22O5. The zero-order valence-electron chi connectivity index (χ0n) is 9.69. The molecule has 5 nitrogen and oxygen atoms in total. The molecule has 2 aliphatic heterocycles. The van der Waals surface area contributed by atoms with Gasteiger partial charge in [-0.05, 0) is 38.5 Å². The highest BCUT2D eigenvalue weighted by molar-refractivity contribution is 5.53. The van der Waals surface area contributed by atoms with E-state index in [1.54, 1.807) is 0 Å². The second-order valence-electron chi connectivity index (χ2n) is 3.63. The van der Waals surface area contributed by atoms with Crippen molar-refractivity contribution in [2.24, 2.45) is 0 Å². The van der Waals surface area contributed by atoms with Gasteiger partial charge in [0, 0.05) is 26.4 Å². The van der Waals surface area contributed by atoms with Gasteiger partial charge in [-0.2, -0.15) is 0 Å². The third kappa shape index (κ3) is 15.7. The van der Waals surface area contributed by atoms with Gasteiger partial charge in [0.15, 0.2) is 0 Å². The third-order valence-corrected chi connectivity index (χ3v) is 2.15. The lowest BCUT2D eigenvalue weighted by Crippen LogP contribution is -2.03. The minimum absolute atomic E-state index is 1.00. The first-order valence-corrected chi connectivity index (χ1v) is 5.81. The van der Waals surface area contributed by atoms with Crippen LogP contribution in [0.1, 0.15) is 38.5 Å². The van der Waals surface area contributed by atoms with E-state index in [1.807, 2.05) is 0 Å². The Bertz CT molecular complexity index is 113. The smallest absolute Gasteiger partial charge is 0.450 e. The third-order valence-electron chi connectivity index (χ3n) is 2.15. The van der Waals surface area contributed by atoms with Crippen molar-refractivity contribution in [3.8, 4) is 0 Å². The number of rotatable bonds is 0. The highest BCUT2D eigenvalue weighted by Gasteiger charge is 1.95. The molecule has 2 rings (SSSR count). The highest BCUT2D eigenvalue weighted by atomic mass is 16.6. The van der Waals surface area contributed by atoms with Crippen molar-refractivity contribution in [3.05, 3.63) is 0 Å². The van der Waals surface area contributed by atoms with Gasteiger partial charge < -0.3 is 19.7 Å². The fraction of sp³-hybridized carbons (Fsp3) is 0.909. The van der Waals surface area contributed by atoms with Crippen LogP contribution in [-0.4, -0.2) is 42.8 Å². The Morgan fingerprint density at radius 3 is 1.00 bits per heavy atom. The lowest BCUT2D eigenvalue weighted by molar-refractivity contribution is 0.0967. The minimum atomic E-state index is -1.83. The molecule has 0 saturated carbocycles. The molecule has 2 aliphatic rings. The van der Waals surface area contributed by atoms with Crippen LogP contribution in [0.25, 0.3) is 0 Å². The molecule has 0 aromatic carbocycles. The van der Waals surface area contributed by atoms with Gasteiger partial charge in [-0.25, -0.2) is 4.79 Å². The average molecular weight is 234 g/mol. The molecule has 0 spiro atoms. The van der Waals surface area contributed by atoms with E-state index in [2.05, 4.69) is 0 Å². The zero-order valence-corrected chi connectivity index (χ0v) is 9.69. The molecule has 16 heavy (non-hydrogen) atoms. The molecule has 5 heteroatoms. The van der Waals surface area contributed by atoms with Crippen LogP contribution < -0.4 is 0 Å². The average Bonchev–Trinajstić information content (AvgIpc) is 2.34. The van der Waals surface area contributed by atoms with Gasteiger partial charge >= 0.3 is 6.16 Å². The molecule has 0 aromatic heterocycles. The predicted molar refractivity (Wildman–Crippen MR) is 60.0 cm³/mol. The van der Waals surface area contributed by atoms with Crippen molar-refractivity contribution < 1.29 is 24.5 Å². The second kappa shape index (κ2) is 12.3. The molecular weight excluding hydrogens is 212 g/mol. The summed E-state index contributed by atoms with van der Waals surface area (Å²) in [5.41, 5.74) is 0. The molecule has 0 atom stereocenters. The van der Waals surface area contributed by atoms with E-state index in [4.69, 9.17) is 24.5 Å². The van der Waals surface area contributed by atoms with E-state index in [0.717, 1.165) is 26.4 Å². The maximum Gasteiger partial charge on any atom is 0.503 e. The largest absolute Gasteiger partial charge is 0.503 e. The van der Waals surface area contributed by atoms with E-state index in [-0.39, 0.29) is 0 Å². The molecule has 0 radical (unpaired) electrons. The first-order valence-electron chi connectivity index (χ1n) is 5.81. The molecule has 0 aliphatic carbocycles. The van der Waals surface area contributed by atoms with Crippen LogP contribution in [0.2, 0.25) is 0 Å². The molecule has 0 amide bonds. The zero-order chi connectivity index (χ0) is 12.1. The van der Waals surface area contributed by atoms with Crippen molar-refractivity contribution in [1.82, 2.24) is 0 Å². The van der Waals surface area contributed by atoms with E-state index < -0.39 is 6.16 Å². The van der Waals surface area contributed by atoms with Crippen molar-refractivity contribution >= 4 is 6.16 Å². The molecule has 0 aromatic rings. The van der Waals surface area contributed by atoms with Gasteiger partial charge in [-0.15, -0.1) is 0 Å². The van der Waals surface area contributed by atoms with Crippen LogP contribution in [-0.2, 0) is 9.47 Å². The van der Waals surface area contributed by atoms with E-state index in [0.29, 0.717) is 0 Å². The van der Waals surface area contributed by atoms with Gasteiger partial charge in [0.2, 0.25) is 0 Å². The quantitative estimate of drug-likeness (QED) is 0.673. The van der Waals surface area contributed by atoms with Crippen LogP contribution in [0, 0.1) is 0 Å². The number of hydrogen-bond acceptors (Lipinski definition) is 3. The maximum absolute atomic E-state index is 8.56. The molecule has 2 N–H and O–H groups in total. The number of carbonyl (C=O) groups is 1. The number of hydrogen-bond donors (Lipinski definition) is 2. The monoisotopic (exact) mass is 234 g/mol. The van der Waals surface area contributed by atoms with Crippen molar-refractivity contribution in [2.75, 3.05) is 26.4 Å². The van der Waals surface area contributed by atoms with Crippen molar-refractivity contribution in [1.29, 1.82) is 0 Å². The van der Waals surface area contributed by atoms with Crippen LogP contribution >= 0.6 is 0 Å². The Kier molecular flexibility index (Phi) is 11.6. The van der Waals surface area contributed by atoms with Crippen molar-refractivity contribution in [3.63, 3.8) is 0 Å². The van der Waals surface area contributed by atoms with Gasteiger partial charge in [0.25, 0.3) is 0 Å². The van der Waals surface area contributed by atoms with Crippen LogP contribution in [0.3, 0.4) is 0 Å². The summed E-state index contributed by atoms with van der Waals surface area (Å²) in [5.74, 6) is 0. The van der Waals surface area contributed by atoms with Crippen LogP contribution in [0.15, 0.2) is 0 Å². The normalized spacial score (nSPS) is 19.5. The van der Waals surface area contributed by atoms with Gasteiger partial charge in [-0.1, -0.05) is 0 Å². The van der Waals surface area contributed by atoms with E-state index >= 15 is 0 Å². The van der Waals surface area contributed by atoms with Gasteiger partial charge in [0.1, 0.15) is 0 Å². The SMILES string of the molecule is C1CCOCC1.C1CCOCC1.O=C(O)O. The summed E-state index contributed by atoms with van der Waals surface area (Å²) in [6.07, 6.45) is 6.03. The molecule has 96 valence electrons. The predicted octanol–water partition coefficient (Wildman–Crippen LogP) is 2.60. The number of ether oxygens (including phenoxy) is 2. The lowest BCUT2D eigenvalue weighted by Gasteiger charge is -2.08. The van der Waals surface area contributed by atoms with E-state index in [1.165, 1.54) is 38.5 Å². The van der Waals surface area contributed by atoms with Crippen LogP contribution in [0.4, 0.5) is 4.79 Å². The molecule has 2 fully saturated rings. The summed E-state index contributed by atoms with van der Waals surface area (Å²) < 4.78 is 10.1. The van der Waals surface area contributed by atoms with Crippen LogP contribution in [0.5, 0.6) is 0 Å². The van der Waals surface area contributed by atoms with Gasteiger partial charge in [0.05, 0.1) is 0 Å². The standard InChI is InChI=1S/2C5H10O.CH2O3/c2*1-2-4-6-5-3-1;2-1(3)4/h2*1-5H2;(H2,2,3,4). The van der Waals surface area contributed by atoms with Gasteiger partial charge in [-0.3, -0.25) is 0 Å². The molecule has 2 saturated heterocycles. The summed E-state index contributed by atoms with van der Waals surface area (Å²) in [4.78, 5) is 8.56. The minimum Gasteiger partial charge on any atom is -0.450 e. The second-order valence-corrected chi connectivity index (χ2v) is 3.63. The summed E-state index contributed by atoms with van der Waals surface area (Å²) in [7, 11) is 0. The molecule has 0 unspecified atom stereocenters. The Hall–Kier alpha value is -0.810. The Balaban J connectivity index is 0.000000217. The Labute approximate surface area is 96.4 Å². The lowest BCUT2D eigenvalue weighted by atomic mass is 10.2. The summed E-state index contributed by atoms with van der Waals surface area (Å²) in [5, 5.41) is 13.9. The first kappa shape index (κ1) is 15.2. The topological polar surface area (TPSA) is 76.0 Å². The highest BCUT2D eigenvalue weighted by Crippen LogP contribution is 2.02. The summed E-state index contributed by atoms with van der Waals surface area (Å²) >= 11 is 0. The Morgan fingerprint density at radius 1 is 0.688 bits per heavy atom. The number of carboxylic acid groups (broad SMARTS) is 2. The molecule has 2 heterocycles. The summed E-state index contributed by atoms with van der Waals surface area (Å²) in [6, 6.07) is 0. The first-order chi connectivity index (χ1) is 7.73. The van der Waals surface area contributed by atoms with E-state index in [9.17, 15) is 0 Å². The Morgan fingerprint density at radius 2 is 0.938 bits per heavy atom. The summed E-state index contributed by atoms with van der Waals surface area (Å²) in [6.45, 7) is 4.00. The fourth-order valence-electron chi connectivity index (χ4n) is 1.37.